The fraction of sp³-hybridized carbons (Fsp3) is 0.462. The zero-order chi connectivity index (χ0) is 22.7. The lowest BCUT2D eigenvalue weighted by molar-refractivity contribution is -0.131. The van der Waals surface area contributed by atoms with Gasteiger partial charge in [0.15, 0.2) is 0 Å². The number of benzene rings is 2. The van der Waals surface area contributed by atoms with E-state index in [1.54, 1.807) is 0 Å². The van der Waals surface area contributed by atoms with Crippen molar-refractivity contribution in [1.29, 1.82) is 0 Å². The molecule has 2 amide bonds. The highest BCUT2D eigenvalue weighted by molar-refractivity contribution is 5.82. The van der Waals surface area contributed by atoms with Gasteiger partial charge < -0.3 is 16.4 Å². The van der Waals surface area contributed by atoms with Gasteiger partial charge in [0.1, 0.15) is 0 Å². The lowest BCUT2D eigenvalue weighted by Gasteiger charge is -2.46. The van der Waals surface area contributed by atoms with Crippen molar-refractivity contribution in [2.24, 2.45) is 17.1 Å². The lowest BCUT2D eigenvalue weighted by atomic mass is 9.62. The van der Waals surface area contributed by atoms with Gasteiger partial charge >= 0.3 is 0 Å². The summed E-state index contributed by atoms with van der Waals surface area (Å²) in [5.41, 5.74) is 8.89. The molecule has 0 saturated carbocycles. The van der Waals surface area contributed by atoms with Crippen LogP contribution in [0.1, 0.15) is 43.0 Å². The van der Waals surface area contributed by atoms with Crippen LogP contribution >= 0.6 is 0 Å². The van der Waals surface area contributed by atoms with Gasteiger partial charge in [-0.15, -0.1) is 0 Å². The molecule has 2 aliphatic rings. The van der Waals surface area contributed by atoms with Crippen molar-refractivity contribution in [2.45, 2.75) is 45.3 Å². The average Bonchev–Trinajstić information content (AvgIpc) is 3.14. The molecular weight excluding hydrogens is 400 g/mol. The molecule has 0 aromatic heterocycles. The van der Waals surface area contributed by atoms with E-state index in [1.807, 2.05) is 44.2 Å². The highest BCUT2D eigenvalue weighted by atomic mass is 16.2. The summed E-state index contributed by atoms with van der Waals surface area (Å²) in [5.74, 6) is -0.331. The molecule has 6 heteroatoms. The van der Waals surface area contributed by atoms with Crippen molar-refractivity contribution < 1.29 is 9.59 Å². The Labute approximate surface area is 190 Å². The summed E-state index contributed by atoms with van der Waals surface area (Å²) in [6.07, 6.45) is 1.75. The molecule has 4 N–H and O–H groups in total. The molecule has 170 valence electrons. The van der Waals surface area contributed by atoms with Gasteiger partial charge in [-0.3, -0.25) is 14.5 Å². The van der Waals surface area contributed by atoms with E-state index in [0.29, 0.717) is 6.54 Å². The topological polar surface area (TPSA) is 87.5 Å². The Morgan fingerprint density at radius 1 is 1.12 bits per heavy atom. The van der Waals surface area contributed by atoms with Crippen molar-refractivity contribution in [3.8, 4) is 0 Å². The minimum absolute atomic E-state index is 0.0642. The molecule has 1 fully saturated rings. The summed E-state index contributed by atoms with van der Waals surface area (Å²) in [5, 5.41) is 6.36. The van der Waals surface area contributed by atoms with Crippen molar-refractivity contribution in [3.63, 3.8) is 0 Å². The second-order valence-corrected chi connectivity index (χ2v) is 9.51. The second kappa shape index (κ2) is 9.43. The van der Waals surface area contributed by atoms with E-state index in [4.69, 9.17) is 5.73 Å². The molecule has 1 saturated heterocycles. The molecule has 1 spiro atoms. The van der Waals surface area contributed by atoms with Crippen LogP contribution in [0.5, 0.6) is 0 Å². The van der Waals surface area contributed by atoms with Gasteiger partial charge in [-0.1, -0.05) is 54.6 Å². The van der Waals surface area contributed by atoms with Gasteiger partial charge in [0.25, 0.3) is 0 Å². The van der Waals surface area contributed by atoms with Crippen LogP contribution in [-0.2, 0) is 22.6 Å². The monoisotopic (exact) mass is 434 g/mol. The quantitative estimate of drug-likeness (QED) is 0.652. The number of fused-ring (bicyclic) bond motifs is 1. The standard InChI is InChI=1S/C26H34N4O2/c1-18(2)28-25(32)22-16-30(15-19-8-4-3-5-9-19)17-26(22)13-12-20-10-6-7-11-21(20)24(26)29-23(31)14-27/h3-11,18,22,24H,12-17,27H2,1-2H3,(H,28,32)(H,29,31)/t22-,24-,26+/m0/s1. The molecule has 32 heavy (non-hydrogen) atoms. The van der Waals surface area contributed by atoms with Gasteiger partial charge in [-0.2, -0.15) is 0 Å². The Balaban J connectivity index is 1.73. The number of nitrogens with two attached hydrogens (primary N) is 1. The van der Waals surface area contributed by atoms with Crippen molar-refractivity contribution in [3.05, 3.63) is 71.3 Å². The zero-order valence-electron chi connectivity index (χ0n) is 19.0. The van der Waals surface area contributed by atoms with Crippen molar-refractivity contribution >= 4 is 11.8 Å². The van der Waals surface area contributed by atoms with E-state index in [1.165, 1.54) is 11.1 Å². The third kappa shape index (κ3) is 4.43. The minimum Gasteiger partial charge on any atom is -0.354 e. The zero-order valence-corrected chi connectivity index (χ0v) is 19.0. The number of nitrogens with zero attached hydrogens (tertiary/aromatic N) is 1. The molecule has 2 aromatic rings. The fourth-order valence-corrected chi connectivity index (χ4v) is 5.57. The summed E-state index contributed by atoms with van der Waals surface area (Å²) in [7, 11) is 0. The Hall–Kier alpha value is -2.70. The first-order valence-corrected chi connectivity index (χ1v) is 11.6. The molecule has 4 rings (SSSR count). The summed E-state index contributed by atoms with van der Waals surface area (Å²) >= 11 is 0. The van der Waals surface area contributed by atoms with E-state index < -0.39 is 0 Å². The average molecular weight is 435 g/mol. The molecule has 6 nitrogen and oxygen atoms in total. The number of carbonyl (C=O) groups excluding carboxylic acids is 2. The largest absolute Gasteiger partial charge is 0.354 e. The van der Waals surface area contributed by atoms with Crippen LogP contribution in [0.15, 0.2) is 54.6 Å². The number of rotatable bonds is 6. The predicted molar refractivity (Wildman–Crippen MR) is 126 cm³/mol. The second-order valence-electron chi connectivity index (χ2n) is 9.51. The van der Waals surface area contributed by atoms with E-state index in [2.05, 4.69) is 39.8 Å². The van der Waals surface area contributed by atoms with Crippen molar-refractivity contribution in [1.82, 2.24) is 15.5 Å². The smallest absolute Gasteiger partial charge is 0.234 e. The Kier molecular flexibility index (Phi) is 6.63. The minimum atomic E-state index is -0.382. The number of aryl methyl sites for hydroxylation is 1. The maximum atomic E-state index is 13.5. The van der Waals surface area contributed by atoms with Crippen LogP contribution in [0, 0.1) is 11.3 Å². The summed E-state index contributed by atoms with van der Waals surface area (Å²) in [6, 6.07) is 18.5. The maximum absolute atomic E-state index is 13.5. The Morgan fingerprint density at radius 3 is 2.56 bits per heavy atom. The molecule has 3 atom stereocenters. The predicted octanol–water partition coefficient (Wildman–Crippen LogP) is 2.39. The first-order valence-electron chi connectivity index (χ1n) is 11.6. The van der Waals surface area contributed by atoms with E-state index >= 15 is 0 Å². The molecule has 0 bridgehead atoms. The van der Waals surface area contributed by atoms with Gasteiger partial charge in [0, 0.05) is 31.1 Å². The SMILES string of the molecule is CC(C)NC(=O)[C@@H]1CN(Cc2ccccc2)C[C@]12CCc1ccccc1[C@@H]2NC(=O)CN. The van der Waals surface area contributed by atoms with Crippen molar-refractivity contribution in [2.75, 3.05) is 19.6 Å². The van der Waals surface area contributed by atoms with E-state index in [9.17, 15) is 9.59 Å². The molecule has 0 radical (unpaired) electrons. The number of hydrogen-bond donors (Lipinski definition) is 3. The third-order valence-electron chi connectivity index (χ3n) is 6.94. The summed E-state index contributed by atoms with van der Waals surface area (Å²) in [4.78, 5) is 28.3. The van der Waals surface area contributed by atoms with Crippen LogP contribution in [0.3, 0.4) is 0 Å². The Morgan fingerprint density at radius 2 is 1.84 bits per heavy atom. The highest BCUT2D eigenvalue weighted by Gasteiger charge is 2.56. The lowest BCUT2D eigenvalue weighted by Crippen LogP contribution is -2.53. The fourth-order valence-electron chi connectivity index (χ4n) is 5.57. The number of amides is 2. The molecule has 2 aromatic carbocycles. The van der Waals surface area contributed by atoms with Crippen LogP contribution in [0.4, 0.5) is 0 Å². The molecular formula is C26H34N4O2. The highest BCUT2D eigenvalue weighted by Crippen LogP contribution is 2.53. The van der Waals surface area contributed by atoms with E-state index in [-0.39, 0.29) is 41.8 Å². The number of nitrogens with one attached hydrogen (secondary N) is 2. The summed E-state index contributed by atoms with van der Waals surface area (Å²) < 4.78 is 0. The van der Waals surface area contributed by atoms with E-state index in [0.717, 1.165) is 31.5 Å². The molecule has 1 aliphatic carbocycles. The molecule has 1 heterocycles. The number of carbonyl (C=O) groups is 2. The normalized spacial score (nSPS) is 25.0. The maximum Gasteiger partial charge on any atom is 0.234 e. The first kappa shape index (κ1) is 22.5. The Bertz CT molecular complexity index is 961. The first-order chi connectivity index (χ1) is 15.4. The van der Waals surface area contributed by atoms with Gasteiger partial charge in [0.2, 0.25) is 11.8 Å². The van der Waals surface area contributed by atoms with Crippen LogP contribution < -0.4 is 16.4 Å². The number of hydrogen-bond acceptors (Lipinski definition) is 4. The van der Waals surface area contributed by atoms with Crippen LogP contribution in [0.2, 0.25) is 0 Å². The van der Waals surface area contributed by atoms with Crippen LogP contribution in [0.25, 0.3) is 0 Å². The van der Waals surface area contributed by atoms with Crippen LogP contribution in [-0.4, -0.2) is 42.4 Å². The van der Waals surface area contributed by atoms with Gasteiger partial charge in [-0.25, -0.2) is 0 Å². The van der Waals surface area contributed by atoms with Gasteiger partial charge in [0.05, 0.1) is 18.5 Å². The molecule has 0 unspecified atom stereocenters. The number of likely N-dealkylation sites (tertiary alicyclic amines) is 1. The summed E-state index contributed by atoms with van der Waals surface area (Å²) in [6.45, 7) is 6.13. The van der Waals surface area contributed by atoms with Gasteiger partial charge in [-0.05, 0) is 43.4 Å². The third-order valence-corrected chi connectivity index (χ3v) is 6.94. The molecule has 1 aliphatic heterocycles.